The van der Waals surface area contributed by atoms with E-state index >= 15 is 0 Å². The van der Waals surface area contributed by atoms with Crippen LogP contribution >= 0.6 is 0 Å². The maximum Gasteiger partial charge on any atom is 0.133 e. The van der Waals surface area contributed by atoms with Crippen LogP contribution in [-0.4, -0.2) is 17.0 Å². The Balaban J connectivity index is 1.66. The second-order valence-electron chi connectivity index (χ2n) is 9.42. The first-order valence-corrected chi connectivity index (χ1v) is 9.76. The summed E-state index contributed by atoms with van der Waals surface area (Å²) in [6.45, 7) is 6.71. The molecule has 0 spiro atoms. The van der Waals surface area contributed by atoms with Gasteiger partial charge in [-0.15, -0.1) is 0 Å². The third-order valence-electron chi connectivity index (χ3n) is 8.58. The van der Waals surface area contributed by atoms with E-state index in [2.05, 4.69) is 19.9 Å². The number of ketones is 1. The van der Waals surface area contributed by atoms with Crippen molar-refractivity contribution >= 4 is 5.78 Å². The highest BCUT2D eigenvalue weighted by Crippen LogP contribution is 2.66. The van der Waals surface area contributed by atoms with E-state index in [0.29, 0.717) is 17.1 Å². The standard InChI is InChI=1S/C21H32O2/c1-13(22)17-6-7-18-16-5-4-14-12-15(23)8-10-20(14,2)19(16)9-11-21(17,18)3/h12,15-19,23H,4-11H2,1-3H3. The lowest BCUT2D eigenvalue weighted by molar-refractivity contribution is -0.127. The maximum atomic E-state index is 12.2. The van der Waals surface area contributed by atoms with E-state index in [4.69, 9.17) is 0 Å². The highest BCUT2D eigenvalue weighted by atomic mass is 16.3. The Kier molecular flexibility index (Phi) is 3.58. The number of hydrogen-bond acceptors (Lipinski definition) is 2. The van der Waals surface area contributed by atoms with Crippen LogP contribution in [0.25, 0.3) is 0 Å². The number of hydrogen-bond donors (Lipinski definition) is 1. The van der Waals surface area contributed by atoms with Crippen LogP contribution in [0.15, 0.2) is 11.6 Å². The third-order valence-corrected chi connectivity index (χ3v) is 8.58. The van der Waals surface area contributed by atoms with Gasteiger partial charge in [0, 0.05) is 5.92 Å². The van der Waals surface area contributed by atoms with E-state index in [1.807, 2.05) is 6.92 Å². The van der Waals surface area contributed by atoms with Crippen molar-refractivity contribution < 1.29 is 9.90 Å². The lowest BCUT2D eigenvalue weighted by atomic mass is 9.46. The lowest BCUT2D eigenvalue weighted by Crippen LogP contribution is -2.51. The minimum Gasteiger partial charge on any atom is -0.389 e. The fraction of sp³-hybridized carbons (Fsp3) is 0.857. The third kappa shape index (κ3) is 2.13. The summed E-state index contributed by atoms with van der Waals surface area (Å²) >= 11 is 0. The Bertz CT molecular complexity index is 550. The van der Waals surface area contributed by atoms with Gasteiger partial charge in [0.2, 0.25) is 0 Å². The van der Waals surface area contributed by atoms with Crippen molar-refractivity contribution in [3.63, 3.8) is 0 Å². The molecule has 0 radical (unpaired) electrons. The molecule has 0 saturated heterocycles. The summed E-state index contributed by atoms with van der Waals surface area (Å²) in [7, 11) is 0. The van der Waals surface area contributed by atoms with E-state index in [1.165, 1.54) is 32.1 Å². The van der Waals surface area contributed by atoms with Crippen molar-refractivity contribution in [2.75, 3.05) is 0 Å². The number of aliphatic hydroxyl groups is 1. The van der Waals surface area contributed by atoms with Gasteiger partial charge < -0.3 is 5.11 Å². The van der Waals surface area contributed by atoms with E-state index in [9.17, 15) is 9.90 Å². The van der Waals surface area contributed by atoms with Crippen LogP contribution in [0.1, 0.15) is 72.1 Å². The monoisotopic (exact) mass is 316 g/mol. The summed E-state index contributed by atoms with van der Waals surface area (Å²) in [6.07, 6.45) is 11.4. The zero-order valence-electron chi connectivity index (χ0n) is 15.0. The molecule has 7 unspecified atom stereocenters. The first kappa shape index (κ1) is 15.9. The fourth-order valence-electron chi connectivity index (χ4n) is 7.38. The van der Waals surface area contributed by atoms with Crippen LogP contribution in [-0.2, 0) is 4.79 Å². The van der Waals surface area contributed by atoms with Crippen LogP contribution in [0.3, 0.4) is 0 Å². The van der Waals surface area contributed by atoms with Gasteiger partial charge in [0.15, 0.2) is 0 Å². The molecule has 3 fully saturated rings. The van der Waals surface area contributed by atoms with Crippen molar-refractivity contribution in [1.82, 2.24) is 0 Å². The predicted molar refractivity (Wildman–Crippen MR) is 91.9 cm³/mol. The second-order valence-corrected chi connectivity index (χ2v) is 9.42. The molecule has 2 nitrogen and oxygen atoms in total. The van der Waals surface area contributed by atoms with E-state index in [-0.39, 0.29) is 11.5 Å². The highest BCUT2D eigenvalue weighted by molar-refractivity contribution is 5.79. The molecular weight excluding hydrogens is 284 g/mol. The Hall–Kier alpha value is -0.630. The minimum atomic E-state index is -0.211. The van der Waals surface area contributed by atoms with Gasteiger partial charge in [-0.3, -0.25) is 4.79 Å². The van der Waals surface area contributed by atoms with E-state index in [1.54, 1.807) is 5.57 Å². The van der Waals surface area contributed by atoms with Gasteiger partial charge in [-0.1, -0.05) is 25.5 Å². The van der Waals surface area contributed by atoms with Gasteiger partial charge in [-0.05, 0) is 86.9 Å². The molecule has 4 aliphatic carbocycles. The van der Waals surface area contributed by atoms with Crippen molar-refractivity contribution in [2.45, 2.75) is 78.2 Å². The highest BCUT2D eigenvalue weighted by Gasteiger charge is 2.59. The predicted octanol–water partition coefficient (Wildman–Crippen LogP) is 4.52. The lowest BCUT2D eigenvalue weighted by Gasteiger charge is -2.58. The number of Topliss-reactive ketones (excluding diaryl/α,β-unsaturated/α-hetero) is 1. The number of aliphatic hydroxyl groups excluding tert-OH is 1. The zero-order valence-corrected chi connectivity index (χ0v) is 15.0. The second kappa shape index (κ2) is 5.18. The summed E-state index contributed by atoms with van der Waals surface area (Å²) in [5.41, 5.74) is 2.12. The molecule has 23 heavy (non-hydrogen) atoms. The van der Waals surface area contributed by atoms with Gasteiger partial charge in [-0.2, -0.15) is 0 Å². The first-order chi connectivity index (χ1) is 10.9. The summed E-state index contributed by atoms with van der Waals surface area (Å²) in [6, 6.07) is 0. The number of carbonyl (C=O) groups is 1. The van der Waals surface area contributed by atoms with E-state index < -0.39 is 0 Å². The Labute approximate surface area is 140 Å². The quantitative estimate of drug-likeness (QED) is 0.722. The van der Waals surface area contributed by atoms with E-state index in [0.717, 1.165) is 37.0 Å². The van der Waals surface area contributed by atoms with Crippen LogP contribution in [0.2, 0.25) is 0 Å². The van der Waals surface area contributed by atoms with Crippen molar-refractivity contribution in [3.05, 3.63) is 11.6 Å². The van der Waals surface area contributed by atoms with Gasteiger partial charge in [0.05, 0.1) is 6.10 Å². The molecule has 128 valence electrons. The fourth-order valence-corrected chi connectivity index (χ4v) is 7.38. The van der Waals surface area contributed by atoms with Crippen LogP contribution in [0.4, 0.5) is 0 Å². The molecule has 0 aliphatic heterocycles. The summed E-state index contributed by atoms with van der Waals surface area (Å²) in [4.78, 5) is 12.2. The molecule has 0 aromatic carbocycles. The smallest absolute Gasteiger partial charge is 0.133 e. The minimum absolute atomic E-state index is 0.211. The Morgan fingerprint density at radius 2 is 1.87 bits per heavy atom. The van der Waals surface area contributed by atoms with Crippen molar-refractivity contribution in [3.8, 4) is 0 Å². The molecule has 1 N–H and O–H groups in total. The molecule has 0 aromatic rings. The first-order valence-electron chi connectivity index (χ1n) is 9.76. The van der Waals surface area contributed by atoms with Gasteiger partial charge >= 0.3 is 0 Å². The summed E-state index contributed by atoms with van der Waals surface area (Å²) in [5, 5.41) is 10.0. The average molecular weight is 316 g/mol. The number of rotatable bonds is 1. The molecule has 0 aromatic heterocycles. The Morgan fingerprint density at radius 3 is 2.61 bits per heavy atom. The molecule has 7 atom stereocenters. The largest absolute Gasteiger partial charge is 0.389 e. The topological polar surface area (TPSA) is 37.3 Å². The molecule has 3 saturated carbocycles. The van der Waals surface area contributed by atoms with Crippen LogP contribution < -0.4 is 0 Å². The molecule has 4 rings (SSSR count). The van der Waals surface area contributed by atoms with Crippen LogP contribution in [0.5, 0.6) is 0 Å². The molecule has 0 amide bonds. The number of carbonyl (C=O) groups excluding carboxylic acids is 1. The molecule has 4 aliphatic rings. The van der Waals surface area contributed by atoms with Gasteiger partial charge in [0.25, 0.3) is 0 Å². The summed E-state index contributed by atoms with van der Waals surface area (Å²) < 4.78 is 0. The van der Waals surface area contributed by atoms with Crippen LogP contribution in [0, 0.1) is 34.5 Å². The molecule has 2 heteroatoms. The van der Waals surface area contributed by atoms with Crippen molar-refractivity contribution in [2.24, 2.45) is 34.5 Å². The summed E-state index contributed by atoms with van der Waals surface area (Å²) in [5.74, 6) is 3.07. The van der Waals surface area contributed by atoms with Crippen molar-refractivity contribution in [1.29, 1.82) is 0 Å². The SMILES string of the molecule is CC(=O)C1CCC2C3CCC4=CC(O)CCC4(C)C3CCC12C. The normalized spacial score (nSPS) is 52.2. The number of allylic oxidation sites excluding steroid dienone is 1. The zero-order chi connectivity index (χ0) is 16.4. The molecular formula is C21H32O2. The Morgan fingerprint density at radius 1 is 1.09 bits per heavy atom. The maximum absolute atomic E-state index is 12.2. The number of fused-ring (bicyclic) bond motifs is 5. The van der Waals surface area contributed by atoms with Gasteiger partial charge in [0.1, 0.15) is 5.78 Å². The average Bonchev–Trinajstić information content (AvgIpc) is 2.85. The molecule has 0 heterocycles. The van der Waals surface area contributed by atoms with Gasteiger partial charge in [-0.25, -0.2) is 0 Å². The molecule has 0 bridgehead atoms.